The first-order valence-corrected chi connectivity index (χ1v) is 7.79. The minimum atomic E-state index is 0.324. The van der Waals surface area contributed by atoms with Crippen molar-refractivity contribution < 1.29 is 0 Å². The molecule has 2 unspecified atom stereocenters. The summed E-state index contributed by atoms with van der Waals surface area (Å²) in [4.78, 5) is 6.25. The molecule has 2 heterocycles. The van der Waals surface area contributed by atoms with Gasteiger partial charge in [-0.25, -0.2) is 0 Å². The maximum Gasteiger partial charge on any atom is 0.0565 e. The molecule has 2 atom stereocenters. The highest BCUT2D eigenvalue weighted by atomic mass is 35.5. The van der Waals surface area contributed by atoms with Crippen LogP contribution in [0.5, 0.6) is 0 Å². The molecule has 0 aromatic carbocycles. The smallest absolute Gasteiger partial charge is 0.0565 e. The molecule has 5 heteroatoms. The van der Waals surface area contributed by atoms with E-state index in [1.54, 1.807) is 11.3 Å². The van der Waals surface area contributed by atoms with Crippen LogP contribution in [0.15, 0.2) is 11.4 Å². The van der Waals surface area contributed by atoms with Crippen LogP contribution in [0.3, 0.4) is 0 Å². The third-order valence-electron chi connectivity index (χ3n) is 3.86. The molecule has 1 aliphatic heterocycles. The Hall–Kier alpha value is -0.130. The summed E-state index contributed by atoms with van der Waals surface area (Å²) in [5.41, 5.74) is 5.97. The maximum absolute atomic E-state index is 6.02. The Labute approximate surface area is 119 Å². The summed E-state index contributed by atoms with van der Waals surface area (Å²) >= 11 is 7.74. The van der Waals surface area contributed by atoms with E-state index in [-0.39, 0.29) is 0 Å². The lowest BCUT2D eigenvalue weighted by atomic mass is 10.1. The van der Waals surface area contributed by atoms with Crippen molar-refractivity contribution in [3.05, 3.63) is 21.3 Å². The van der Waals surface area contributed by atoms with Gasteiger partial charge in [-0.1, -0.05) is 18.5 Å². The van der Waals surface area contributed by atoms with E-state index in [0.717, 1.165) is 24.7 Å². The van der Waals surface area contributed by atoms with E-state index in [4.69, 9.17) is 17.3 Å². The third kappa shape index (κ3) is 3.06. The fourth-order valence-corrected chi connectivity index (χ4v) is 3.87. The molecule has 18 heavy (non-hydrogen) atoms. The highest BCUT2D eigenvalue weighted by Gasteiger charge is 2.28. The Morgan fingerprint density at radius 1 is 1.56 bits per heavy atom. The molecule has 1 aliphatic rings. The van der Waals surface area contributed by atoms with E-state index in [9.17, 15) is 0 Å². The van der Waals surface area contributed by atoms with Crippen LogP contribution in [0.25, 0.3) is 0 Å². The van der Waals surface area contributed by atoms with Crippen LogP contribution in [0, 0.1) is 0 Å². The molecule has 0 radical (unpaired) electrons. The molecule has 1 fully saturated rings. The predicted molar refractivity (Wildman–Crippen MR) is 79.4 cm³/mol. The second kappa shape index (κ2) is 6.35. The molecular weight excluding hydrogens is 266 g/mol. The molecule has 1 aromatic rings. The van der Waals surface area contributed by atoms with Gasteiger partial charge in [-0.05, 0) is 19.5 Å². The second-order valence-corrected chi connectivity index (χ2v) is 6.34. The van der Waals surface area contributed by atoms with Gasteiger partial charge in [0.05, 0.1) is 11.1 Å². The summed E-state index contributed by atoms with van der Waals surface area (Å²) in [5.74, 6) is 0. The molecule has 2 rings (SSSR count). The first-order valence-electron chi connectivity index (χ1n) is 6.54. The molecule has 0 aliphatic carbocycles. The van der Waals surface area contributed by atoms with E-state index >= 15 is 0 Å². The Morgan fingerprint density at radius 3 is 2.89 bits per heavy atom. The molecule has 0 bridgehead atoms. The van der Waals surface area contributed by atoms with Crippen molar-refractivity contribution in [1.82, 2.24) is 9.80 Å². The first kappa shape index (κ1) is 14.3. The standard InChI is InChI=1S/C13H22ClN3S/c1-3-11-8-17(5-4-16(11)2)12(7-15)13-6-10(14)9-18-13/h6,9,11-12H,3-5,7-8,15H2,1-2H3. The van der Waals surface area contributed by atoms with Crippen LogP contribution >= 0.6 is 22.9 Å². The van der Waals surface area contributed by atoms with Crippen molar-refractivity contribution in [1.29, 1.82) is 0 Å². The maximum atomic E-state index is 6.02. The number of hydrogen-bond donors (Lipinski definition) is 1. The van der Waals surface area contributed by atoms with Gasteiger partial charge in [0.2, 0.25) is 0 Å². The van der Waals surface area contributed by atoms with Crippen LogP contribution in [-0.2, 0) is 0 Å². The van der Waals surface area contributed by atoms with Gasteiger partial charge in [-0.2, -0.15) is 0 Å². The number of rotatable bonds is 4. The lowest BCUT2D eigenvalue weighted by Gasteiger charge is -2.42. The number of likely N-dealkylation sites (N-methyl/N-ethyl adjacent to an activating group) is 1. The largest absolute Gasteiger partial charge is 0.329 e. The number of nitrogens with two attached hydrogens (primary N) is 1. The minimum absolute atomic E-state index is 0.324. The van der Waals surface area contributed by atoms with Crippen molar-refractivity contribution in [3.63, 3.8) is 0 Å². The Bertz CT molecular complexity index is 382. The highest BCUT2D eigenvalue weighted by Crippen LogP contribution is 2.30. The van der Waals surface area contributed by atoms with E-state index in [1.165, 1.54) is 11.3 Å². The van der Waals surface area contributed by atoms with Crippen LogP contribution in [0.4, 0.5) is 0 Å². The third-order valence-corrected chi connectivity index (χ3v) is 5.24. The van der Waals surface area contributed by atoms with E-state index in [0.29, 0.717) is 18.6 Å². The fourth-order valence-electron chi connectivity index (χ4n) is 2.64. The van der Waals surface area contributed by atoms with Gasteiger partial charge in [-0.3, -0.25) is 4.90 Å². The van der Waals surface area contributed by atoms with Crippen molar-refractivity contribution in [2.24, 2.45) is 5.73 Å². The summed E-state index contributed by atoms with van der Waals surface area (Å²) in [6.07, 6.45) is 1.19. The summed E-state index contributed by atoms with van der Waals surface area (Å²) in [6.45, 7) is 6.23. The summed E-state index contributed by atoms with van der Waals surface area (Å²) < 4.78 is 0. The van der Waals surface area contributed by atoms with E-state index in [2.05, 4.69) is 29.8 Å². The van der Waals surface area contributed by atoms with Crippen LogP contribution < -0.4 is 5.73 Å². The van der Waals surface area contributed by atoms with Gasteiger partial charge in [0.25, 0.3) is 0 Å². The zero-order valence-electron chi connectivity index (χ0n) is 11.1. The SMILES string of the molecule is CCC1CN(C(CN)c2cc(Cl)cs2)CCN1C. The Morgan fingerprint density at radius 2 is 2.33 bits per heavy atom. The highest BCUT2D eigenvalue weighted by molar-refractivity contribution is 7.10. The van der Waals surface area contributed by atoms with Gasteiger partial charge in [-0.15, -0.1) is 11.3 Å². The van der Waals surface area contributed by atoms with Gasteiger partial charge >= 0.3 is 0 Å². The van der Waals surface area contributed by atoms with Gasteiger partial charge in [0.1, 0.15) is 0 Å². The van der Waals surface area contributed by atoms with Gasteiger partial charge in [0.15, 0.2) is 0 Å². The van der Waals surface area contributed by atoms with E-state index < -0.39 is 0 Å². The summed E-state index contributed by atoms with van der Waals surface area (Å²) in [5, 5.41) is 2.82. The molecule has 2 N–H and O–H groups in total. The molecule has 102 valence electrons. The van der Waals surface area contributed by atoms with Gasteiger partial charge in [0, 0.05) is 42.5 Å². The number of thiophene rings is 1. The van der Waals surface area contributed by atoms with Gasteiger partial charge < -0.3 is 10.6 Å². The Balaban J connectivity index is 2.09. The number of piperazine rings is 1. The Kier molecular flexibility index (Phi) is 5.04. The number of halogens is 1. The molecule has 1 saturated heterocycles. The molecule has 0 saturated carbocycles. The van der Waals surface area contributed by atoms with E-state index in [1.807, 2.05) is 5.38 Å². The fraction of sp³-hybridized carbons (Fsp3) is 0.692. The molecule has 1 aromatic heterocycles. The summed E-state index contributed by atoms with van der Waals surface area (Å²) in [7, 11) is 2.21. The monoisotopic (exact) mass is 287 g/mol. The number of hydrogen-bond acceptors (Lipinski definition) is 4. The first-order chi connectivity index (χ1) is 8.65. The molecule has 3 nitrogen and oxygen atoms in total. The zero-order chi connectivity index (χ0) is 13.1. The number of nitrogens with zero attached hydrogens (tertiary/aromatic N) is 2. The quantitative estimate of drug-likeness (QED) is 0.923. The van der Waals surface area contributed by atoms with Crippen molar-refractivity contribution in [2.45, 2.75) is 25.4 Å². The molecule has 0 amide bonds. The second-order valence-electron chi connectivity index (χ2n) is 4.96. The van der Waals surface area contributed by atoms with Crippen LogP contribution in [0.1, 0.15) is 24.3 Å². The summed E-state index contributed by atoms with van der Waals surface area (Å²) in [6, 6.07) is 3.02. The molecular formula is C13H22ClN3S. The van der Waals surface area contributed by atoms with Crippen molar-refractivity contribution in [3.8, 4) is 0 Å². The van der Waals surface area contributed by atoms with Crippen molar-refractivity contribution in [2.75, 3.05) is 33.2 Å². The normalized spacial score (nSPS) is 24.3. The topological polar surface area (TPSA) is 32.5 Å². The zero-order valence-corrected chi connectivity index (χ0v) is 12.7. The van der Waals surface area contributed by atoms with Crippen LogP contribution in [0.2, 0.25) is 5.02 Å². The lowest BCUT2D eigenvalue weighted by Crippen LogP contribution is -2.52. The average molecular weight is 288 g/mol. The molecule has 0 spiro atoms. The average Bonchev–Trinajstić information content (AvgIpc) is 2.79. The van der Waals surface area contributed by atoms with Crippen molar-refractivity contribution >= 4 is 22.9 Å². The minimum Gasteiger partial charge on any atom is -0.329 e. The van der Waals surface area contributed by atoms with Crippen LogP contribution in [-0.4, -0.2) is 49.1 Å². The lowest BCUT2D eigenvalue weighted by molar-refractivity contribution is 0.0654. The predicted octanol–water partition coefficient (Wildman–Crippen LogP) is 2.43.